The summed E-state index contributed by atoms with van der Waals surface area (Å²) in [6.45, 7) is 2.20. The lowest BCUT2D eigenvalue weighted by Gasteiger charge is -2.17. The molecule has 2 unspecified atom stereocenters. The number of nitrogens with two attached hydrogens (primary N) is 1. The maximum absolute atomic E-state index is 6.12. The van der Waals surface area contributed by atoms with Crippen molar-refractivity contribution in [2.45, 2.75) is 57.4 Å². The van der Waals surface area contributed by atoms with E-state index in [-0.39, 0.29) is 0 Å². The molecular weight excluding hydrogens is 194 g/mol. The topological polar surface area (TPSA) is 26.0 Å². The summed E-state index contributed by atoms with van der Waals surface area (Å²) < 4.78 is 0. The Bertz CT molecular complexity index is 315. The molecule has 1 aromatic rings. The van der Waals surface area contributed by atoms with Crippen molar-refractivity contribution in [1.82, 2.24) is 0 Å². The van der Waals surface area contributed by atoms with E-state index in [9.17, 15) is 0 Å². The van der Waals surface area contributed by atoms with Crippen LogP contribution in [0.5, 0.6) is 0 Å². The molecule has 2 rings (SSSR count). The van der Waals surface area contributed by atoms with E-state index in [0.29, 0.717) is 12.0 Å². The van der Waals surface area contributed by atoms with Gasteiger partial charge in [-0.3, -0.25) is 0 Å². The van der Waals surface area contributed by atoms with Gasteiger partial charge in [0.25, 0.3) is 0 Å². The molecule has 0 amide bonds. The fourth-order valence-electron chi connectivity index (χ4n) is 2.73. The van der Waals surface area contributed by atoms with Crippen molar-refractivity contribution in [3.05, 3.63) is 35.4 Å². The van der Waals surface area contributed by atoms with Crippen LogP contribution in [0.15, 0.2) is 24.3 Å². The Morgan fingerprint density at radius 2 is 1.81 bits per heavy atom. The monoisotopic (exact) mass is 217 g/mol. The Hall–Kier alpha value is -0.820. The van der Waals surface area contributed by atoms with Crippen molar-refractivity contribution >= 4 is 0 Å². The van der Waals surface area contributed by atoms with E-state index in [2.05, 4.69) is 31.2 Å². The molecule has 1 saturated carbocycles. The molecule has 2 N–H and O–H groups in total. The lowest BCUT2D eigenvalue weighted by Crippen LogP contribution is -2.20. The van der Waals surface area contributed by atoms with E-state index in [0.717, 1.165) is 6.42 Å². The number of rotatable bonds is 2. The highest BCUT2D eigenvalue weighted by Crippen LogP contribution is 2.31. The van der Waals surface area contributed by atoms with Crippen LogP contribution in [-0.4, -0.2) is 6.04 Å². The van der Waals surface area contributed by atoms with E-state index in [4.69, 9.17) is 5.73 Å². The Balaban J connectivity index is 2.09. The van der Waals surface area contributed by atoms with Crippen LogP contribution in [0.3, 0.4) is 0 Å². The number of hydrogen-bond donors (Lipinski definition) is 1. The third kappa shape index (κ3) is 2.85. The summed E-state index contributed by atoms with van der Waals surface area (Å²) >= 11 is 0. The van der Waals surface area contributed by atoms with Crippen molar-refractivity contribution in [1.29, 1.82) is 0 Å². The largest absolute Gasteiger partial charge is 0.328 e. The van der Waals surface area contributed by atoms with Crippen LogP contribution in [0.1, 0.15) is 56.1 Å². The van der Waals surface area contributed by atoms with E-state index in [1.807, 2.05) is 0 Å². The summed E-state index contributed by atoms with van der Waals surface area (Å²) in [6, 6.07) is 9.57. The van der Waals surface area contributed by atoms with Crippen molar-refractivity contribution < 1.29 is 0 Å². The number of hydrogen-bond acceptors (Lipinski definition) is 1. The first-order chi connectivity index (χ1) is 7.79. The van der Waals surface area contributed by atoms with E-state index in [1.54, 1.807) is 0 Å². The first-order valence-electron chi connectivity index (χ1n) is 6.64. The summed E-state index contributed by atoms with van der Waals surface area (Å²) in [4.78, 5) is 0. The summed E-state index contributed by atoms with van der Waals surface area (Å²) in [5, 5.41) is 0. The van der Waals surface area contributed by atoms with E-state index in [1.165, 1.54) is 43.2 Å². The molecule has 0 bridgehead atoms. The zero-order chi connectivity index (χ0) is 11.4. The maximum Gasteiger partial charge on any atom is 0.00446 e. The lowest BCUT2D eigenvalue weighted by atomic mass is 9.90. The lowest BCUT2D eigenvalue weighted by molar-refractivity contribution is 0.535. The van der Waals surface area contributed by atoms with Crippen LogP contribution in [0.25, 0.3) is 0 Å². The molecule has 1 heteroatoms. The molecular formula is C15H23N. The summed E-state index contributed by atoms with van der Waals surface area (Å²) in [6.07, 6.45) is 7.48. The quantitative estimate of drug-likeness (QED) is 0.752. The second-order valence-corrected chi connectivity index (χ2v) is 5.07. The minimum Gasteiger partial charge on any atom is -0.328 e. The Labute approximate surface area is 99.0 Å². The Kier molecular flexibility index (Phi) is 4.00. The summed E-state index contributed by atoms with van der Waals surface area (Å²) in [5.41, 5.74) is 9.05. The first-order valence-corrected chi connectivity index (χ1v) is 6.64. The Morgan fingerprint density at radius 1 is 1.12 bits per heavy atom. The third-order valence-electron chi connectivity index (χ3n) is 3.82. The van der Waals surface area contributed by atoms with Crippen molar-refractivity contribution in [3.63, 3.8) is 0 Å². The van der Waals surface area contributed by atoms with Gasteiger partial charge in [0.05, 0.1) is 0 Å². The standard InChI is InChI=1S/C15H23N/c1-2-12-7-9-13(10-8-12)14-5-3-4-6-15(16)11-14/h7-10,14-15H,2-6,11,16H2,1H3. The Morgan fingerprint density at radius 3 is 2.50 bits per heavy atom. The molecule has 1 aliphatic carbocycles. The van der Waals surface area contributed by atoms with E-state index < -0.39 is 0 Å². The molecule has 0 heterocycles. The average Bonchev–Trinajstić information content (AvgIpc) is 2.54. The summed E-state index contributed by atoms with van der Waals surface area (Å²) in [7, 11) is 0. The minimum atomic E-state index is 0.415. The molecule has 0 spiro atoms. The van der Waals surface area contributed by atoms with Crippen LogP contribution >= 0.6 is 0 Å². The maximum atomic E-state index is 6.12. The molecule has 1 aromatic carbocycles. The third-order valence-corrected chi connectivity index (χ3v) is 3.82. The van der Waals surface area contributed by atoms with Gasteiger partial charge in [-0.2, -0.15) is 0 Å². The van der Waals surface area contributed by atoms with Gasteiger partial charge < -0.3 is 5.73 Å². The molecule has 88 valence electrons. The predicted molar refractivity (Wildman–Crippen MR) is 69.6 cm³/mol. The van der Waals surface area contributed by atoms with Crippen LogP contribution in [0.2, 0.25) is 0 Å². The normalized spacial score (nSPS) is 26.4. The molecule has 1 nitrogen and oxygen atoms in total. The average molecular weight is 217 g/mol. The number of benzene rings is 1. The molecule has 16 heavy (non-hydrogen) atoms. The second-order valence-electron chi connectivity index (χ2n) is 5.07. The van der Waals surface area contributed by atoms with Crippen LogP contribution in [0, 0.1) is 0 Å². The predicted octanol–water partition coefficient (Wildman–Crippen LogP) is 3.62. The molecule has 2 atom stereocenters. The van der Waals surface area contributed by atoms with Gasteiger partial charge in [0.2, 0.25) is 0 Å². The molecule has 0 aromatic heterocycles. The molecule has 0 saturated heterocycles. The van der Waals surface area contributed by atoms with Gasteiger partial charge in [-0.1, -0.05) is 44.0 Å². The number of aryl methyl sites for hydroxylation is 1. The van der Waals surface area contributed by atoms with Gasteiger partial charge >= 0.3 is 0 Å². The van der Waals surface area contributed by atoms with Crippen molar-refractivity contribution in [2.24, 2.45) is 5.73 Å². The summed E-state index contributed by atoms with van der Waals surface area (Å²) in [5.74, 6) is 0.698. The molecule has 1 aliphatic rings. The smallest absolute Gasteiger partial charge is 0.00446 e. The van der Waals surface area contributed by atoms with Gasteiger partial charge in [0.1, 0.15) is 0 Å². The highest BCUT2D eigenvalue weighted by atomic mass is 14.6. The second kappa shape index (κ2) is 5.49. The van der Waals surface area contributed by atoms with Crippen LogP contribution in [-0.2, 0) is 6.42 Å². The fraction of sp³-hybridized carbons (Fsp3) is 0.600. The molecule has 0 aliphatic heterocycles. The minimum absolute atomic E-state index is 0.415. The zero-order valence-electron chi connectivity index (χ0n) is 10.3. The zero-order valence-corrected chi connectivity index (χ0v) is 10.3. The van der Waals surface area contributed by atoms with Gasteiger partial charge in [0, 0.05) is 6.04 Å². The van der Waals surface area contributed by atoms with E-state index >= 15 is 0 Å². The van der Waals surface area contributed by atoms with Gasteiger partial charge in [-0.05, 0) is 42.7 Å². The highest BCUT2D eigenvalue weighted by molar-refractivity contribution is 5.25. The van der Waals surface area contributed by atoms with Crippen LogP contribution < -0.4 is 5.73 Å². The van der Waals surface area contributed by atoms with Gasteiger partial charge in [0.15, 0.2) is 0 Å². The molecule has 0 radical (unpaired) electrons. The molecule has 1 fully saturated rings. The SMILES string of the molecule is CCc1ccc(C2CCCCC(N)C2)cc1. The van der Waals surface area contributed by atoms with Gasteiger partial charge in [-0.25, -0.2) is 0 Å². The van der Waals surface area contributed by atoms with Gasteiger partial charge in [-0.15, -0.1) is 0 Å². The first kappa shape index (κ1) is 11.7. The highest BCUT2D eigenvalue weighted by Gasteiger charge is 2.18. The fourth-order valence-corrected chi connectivity index (χ4v) is 2.73. The van der Waals surface area contributed by atoms with Crippen molar-refractivity contribution in [2.75, 3.05) is 0 Å². The van der Waals surface area contributed by atoms with Crippen LogP contribution in [0.4, 0.5) is 0 Å². The van der Waals surface area contributed by atoms with Crippen molar-refractivity contribution in [3.8, 4) is 0 Å².